The Morgan fingerprint density at radius 1 is 1.30 bits per heavy atom. The van der Waals surface area contributed by atoms with Crippen LogP contribution in [0.3, 0.4) is 0 Å². The van der Waals surface area contributed by atoms with E-state index in [1.165, 1.54) is 0 Å². The fraction of sp³-hybridized carbons (Fsp3) is 0.273. The van der Waals surface area contributed by atoms with Crippen LogP contribution in [0.5, 0.6) is 11.5 Å². The van der Waals surface area contributed by atoms with Crippen LogP contribution in [-0.4, -0.2) is 30.6 Å². The molecule has 0 aromatic heterocycles. The number of hydrogen-bond acceptors (Lipinski definition) is 4. The maximum absolute atomic E-state index is 12.6. The first-order valence-electron chi connectivity index (χ1n) is 9.34. The Kier molecular flexibility index (Phi) is 6.58. The number of carbonyl (C=O) groups is 2. The van der Waals surface area contributed by atoms with Gasteiger partial charge in [0.05, 0.1) is 10.7 Å². The van der Waals surface area contributed by atoms with Gasteiger partial charge in [-0.3, -0.25) is 9.59 Å². The van der Waals surface area contributed by atoms with E-state index in [0.717, 1.165) is 5.57 Å². The molecule has 6 nitrogen and oxygen atoms in total. The van der Waals surface area contributed by atoms with Crippen molar-refractivity contribution in [1.82, 2.24) is 0 Å². The molecule has 0 bridgehead atoms. The van der Waals surface area contributed by atoms with Gasteiger partial charge in [0.2, 0.25) is 0 Å². The molecule has 8 heteroatoms. The van der Waals surface area contributed by atoms with E-state index in [9.17, 15) is 9.59 Å². The summed E-state index contributed by atoms with van der Waals surface area (Å²) in [5.74, 6) is 0.389. The Morgan fingerprint density at radius 2 is 2.03 bits per heavy atom. The van der Waals surface area contributed by atoms with Crippen LogP contribution in [0.4, 0.5) is 11.4 Å². The zero-order valence-electron chi connectivity index (χ0n) is 16.9. The third-order valence-corrected chi connectivity index (χ3v) is 4.96. The van der Waals surface area contributed by atoms with Gasteiger partial charge in [-0.25, -0.2) is 0 Å². The quantitative estimate of drug-likeness (QED) is 0.624. The van der Waals surface area contributed by atoms with Gasteiger partial charge in [-0.15, -0.1) is 0 Å². The maximum Gasteiger partial charge on any atom is 0.268 e. The van der Waals surface area contributed by atoms with Crippen molar-refractivity contribution in [2.45, 2.75) is 33.0 Å². The van der Waals surface area contributed by atoms with E-state index in [1.54, 1.807) is 55.1 Å². The highest BCUT2D eigenvalue weighted by atomic mass is 35.5. The van der Waals surface area contributed by atoms with Gasteiger partial charge in [-0.05, 0) is 57.2 Å². The lowest BCUT2D eigenvalue weighted by Gasteiger charge is -2.33. The van der Waals surface area contributed by atoms with Gasteiger partial charge in [0.1, 0.15) is 11.5 Å². The van der Waals surface area contributed by atoms with Crippen LogP contribution in [0, 0.1) is 0 Å². The van der Waals surface area contributed by atoms with Crippen LogP contribution >= 0.6 is 23.2 Å². The average Bonchev–Trinajstić information content (AvgIpc) is 2.67. The summed E-state index contributed by atoms with van der Waals surface area (Å²) in [6, 6.07) is 9.90. The molecule has 2 unspecified atom stereocenters. The molecule has 2 amide bonds. The Balaban J connectivity index is 1.77. The normalized spacial score (nSPS) is 16.4. The number of amides is 2. The van der Waals surface area contributed by atoms with Crippen molar-refractivity contribution < 1.29 is 19.1 Å². The van der Waals surface area contributed by atoms with E-state index >= 15 is 0 Å². The number of anilines is 2. The van der Waals surface area contributed by atoms with E-state index in [2.05, 4.69) is 11.9 Å². The smallest absolute Gasteiger partial charge is 0.268 e. The molecule has 1 heterocycles. The zero-order chi connectivity index (χ0) is 22.0. The molecule has 0 aliphatic carbocycles. The summed E-state index contributed by atoms with van der Waals surface area (Å²) in [6.45, 7) is 9.41. The monoisotopic (exact) mass is 448 g/mol. The van der Waals surface area contributed by atoms with Crippen molar-refractivity contribution in [3.63, 3.8) is 0 Å². The zero-order valence-corrected chi connectivity index (χ0v) is 18.4. The van der Waals surface area contributed by atoms with Gasteiger partial charge in [0, 0.05) is 17.3 Å². The van der Waals surface area contributed by atoms with Crippen LogP contribution in [0.1, 0.15) is 20.8 Å². The van der Waals surface area contributed by atoms with Crippen LogP contribution in [0.2, 0.25) is 10.0 Å². The summed E-state index contributed by atoms with van der Waals surface area (Å²) in [7, 11) is 0. The summed E-state index contributed by atoms with van der Waals surface area (Å²) in [4.78, 5) is 26.8. The molecule has 2 atom stereocenters. The third-order valence-electron chi connectivity index (χ3n) is 4.43. The molecule has 0 radical (unpaired) electrons. The lowest BCUT2D eigenvalue weighted by Crippen LogP contribution is -2.45. The predicted molar refractivity (Wildman–Crippen MR) is 119 cm³/mol. The molecule has 2 aromatic carbocycles. The van der Waals surface area contributed by atoms with E-state index in [1.807, 2.05) is 6.92 Å². The molecule has 1 aliphatic rings. The first kappa shape index (κ1) is 22.0. The SMILES string of the molecule is C=C(C)CN1C(=O)C(C)Oc2ccc(NC(=O)C(C)Oc3ccc(Cl)cc3Cl)cc21. The van der Waals surface area contributed by atoms with Gasteiger partial charge in [-0.2, -0.15) is 0 Å². The second-order valence-electron chi connectivity index (χ2n) is 7.15. The second kappa shape index (κ2) is 8.98. The Hall–Kier alpha value is -2.70. The number of nitrogens with zero attached hydrogens (tertiary/aromatic N) is 1. The Labute approximate surface area is 185 Å². The Morgan fingerprint density at radius 3 is 2.70 bits per heavy atom. The van der Waals surface area contributed by atoms with E-state index in [4.69, 9.17) is 32.7 Å². The number of ether oxygens (including phenoxy) is 2. The molecule has 0 fully saturated rings. The molecule has 158 valence electrons. The third kappa shape index (κ3) is 4.89. The van der Waals surface area contributed by atoms with Crippen LogP contribution in [0.15, 0.2) is 48.6 Å². The van der Waals surface area contributed by atoms with Crippen molar-refractivity contribution in [2.24, 2.45) is 0 Å². The highest BCUT2D eigenvalue weighted by Crippen LogP contribution is 2.37. The average molecular weight is 449 g/mol. The highest BCUT2D eigenvalue weighted by molar-refractivity contribution is 6.35. The molecular weight excluding hydrogens is 427 g/mol. The molecule has 0 spiro atoms. The number of fused-ring (bicyclic) bond motifs is 1. The van der Waals surface area contributed by atoms with Crippen molar-refractivity contribution in [3.8, 4) is 11.5 Å². The summed E-state index contributed by atoms with van der Waals surface area (Å²) in [5.41, 5.74) is 1.92. The van der Waals surface area contributed by atoms with Crippen molar-refractivity contribution >= 4 is 46.4 Å². The van der Waals surface area contributed by atoms with Gasteiger partial charge in [0.15, 0.2) is 12.2 Å². The summed E-state index contributed by atoms with van der Waals surface area (Å²) < 4.78 is 11.3. The number of hydrogen-bond donors (Lipinski definition) is 1. The molecule has 0 saturated heterocycles. The number of nitrogens with one attached hydrogen (secondary N) is 1. The van der Waals surface area contributed by atoms with Gasteiger partial charge < -0.3 is 19.7 Å². The van der Waals surface area contributed by atoms with E-state index in [0.29, 0.717) is 39.5 Å². The topological polar surface area (TPSA) is 67.9 Å². The van der Waals surface area contributed by atoms with Gasteiger partial charge in [0.25, 0.3) is 11.8 Å². The highest BCUT2D eigenvalue weighted by Gasteiger charge is 2.31. The van der Waals surface area contributed by atoms with Crippen LogP contribution in [-0.2, 0) is 9.59 Å². The minimum atomic E-state index is -0.816. The van der Waals surface area contributed by atoms with Gasteiger partial charge in [-0.1, -0.05) is 35.4 Å². The largest absolute Gasteiger partial charge is 0.479 e. The first-order chi connectivity index (χ1) is 14.2. The fourth-order valence-corrected chi connectivity index (χ4v) is 3.43. The molecular formula is C22H22Cl2N2O4. The summed E-state index contributed by atoms with van der Waals surface area (Å²) >= 11 is 12.0. The lowest BCUT2D eigenvalue weighted by atomic mass is 10.1. The molecule has 0 saturated carbocycles. The standard InChI is InChI=1S/C22H22Cl2N2O4/c1-12(2)11-26-18-10-16(6-8-20(18)30-14(4)22(26)28)25-21(27)13(3)29-19-7-5-15(23)9-17(19)24/h5-10,13-14H,1,11H2,2-4H3,(H,25,27). The molecule has 30 heavy (non-hydrogen) atoms. The predicted octanol–water partition coefficient (Wildman–Crippen LogP) is 5.09. The number of benzene rings is 2. The van der Waals surface area contributed by atoms with Crippen LogP contribution < -0.4 is 19.7 Å². The van der Waals surface area contributed by atoms with Crippen molar-refractivity contribution in [3.05, 3.63) is 58.6 Å². The maximum atomic E-state index is 12.6. The minimum Gasteiger partial charge on any atom is -0.479 e. The number of halogens is 2. The van der Waals surface area contributed by atoms with Gasteiger partial charge >= 0.3 is 0 Å². The molecule has 2 aromatic rings. The lowest BCUT2D eigenvalue weighted by molar-refractivity contribution is -0.125. The van der Waals surface area contributed by atoms with Crippen molar-refractivity contribution in [1.29, 1.82) is 0 Å². The molecule has 3 rings (SSSR count). The Bertz CT molecular complexity index is 1010. The molecule has 1 aliphatic heterocycles. The minimum absolute atomic E-state index is 0.164. The number of rotatable bonds is 6. The van der Waals surface area contributed by atoms with E-state index in [-0.39, 0.29) is 11.8 Å². The second-order valence-corrected chi connectivity index (χ2v) is 7.99. The fourth-order valence-electron chi connectivity index (χ4n) is 2.98. The first-order valence-corrected chi connectivity index (χ1v) is 10.1. The molecule has 1 N–H and O–H groups in total. The van der Waals surface area contributed by atoms with E-state index < -0.39 is 12.2 Å². The van der Waals surface area contributed by atoms with Crippen LogP contribution in [0.25, 0.3) is 0 Å². The number of carbonyl (C=O) groups excluding carboxylic acids is 2. The van der Waals surface area contributed by atoms with Crippen molar-refractivity contribution in [2.75, 3.05) is 16.8 Å². The summed E-state index contributed by atoms with van der Waals surface area (Å²) in [5, 5.41) is 3.59. The summed E-state index contributed by atoms with van der Waals surface area (Å²) in [6.07, 6.45) is -1.40.